The highest BCUT2D eigenvalue weighted by Gasteiger charge is 1.95. The quantitative estimate of drug-likeness (QED) is 0.513. The first-order valence-corrected chi connectivity index (χ1v) is 3.24. The van der Waals surface area contributed by atoms with E-state index in [9.17, 15) is 9.18 Å². The summed E-state index contributed by atoms with van der Waals surface area (Å²) in [5, 5.41) is 7.87. The van der Waals surface area contributed by atoms with Crippen molar-refractivity contribution in [2.75, 3.05) is 0 Å². The lowest BCUT2D eigenvalue weighted by molar-refractivity contribution is -0.132. The van der Waals surface area contributed by atoms with Gasteiger partial charge in [0.2, 0.25) is 0 Å². The Morgan fingerprint density at radius 3 is 1.83 bits per heavy atom. The zero-order valence-electron chi connectivity index (χ0n) is 7.30. The molecule has 0 aromatic rings. The second kappa shape index (κ2) is 7.72. The van der Waals surface area contributed by atoms with Crippen LogP contribution in [0.2, 0.25) is 0 Å². The third kappa shape index (κ3) is 11.4. The van der Waals surface area contributed by atoms with E-state index < -0.39 is 5.97 Å². The lowest BCUT2D eigenvalue weighted by atomic mass is 10.4. The monoisotopic (exact) mass is 172 g/mol. The van der Waals surface area contributed by atoms with Gasteiger partial charge in [0.15, 0.2) is 0 Å². The van der Waals surface area contributed by atoms with Crippen molar-refractivity contribution in [3.05, 3.63) is 36.7 Å². The van der Waals surface area contributed by atoms with E-state index >= 15 is 0 Å². The van der Waals surface area contributed by atoms with Crippen LogP contribution in [0.1, 0.15) is 13.8 Å². The Morgan fingerprint density at radius 2 is 1.83 bits per heavy atom. The molecule has 0 aromatic carbocycles. The van der Waals surface area contributed by atoms with Gasteiger partial charge in [0.05, 0.1) is 11.9 Å². The van der Waals surface area contributed by atoms with Gasteiger partial charge in [-0.1, -0.05) is 24.8 Å². The fraction of sp³-hybridized carbons (Fsp3) is 0.222. The fourth-order valence-electron chi connectivity index (χ4n) is 0.0467. The molecule has 0 fully saturated rings. The van der Waals surface area contributed by atoms with E-state index in [0.29, 0.717) is 0 Å². The molecule has 0 radical (unpaired) electrons. The van der Waals surface area contributed by atoms with Gasteiger partial charge in [0, 0.05) is 0 Å². The summed E-state index contributed by atoms with van der Waals surface area (Å²) in [4.78, 5) is 9.62. The molecule has 0 rings (SSSR count). The molecule has 0 aliphatic heterocycles. The predicted molar refractivity (Wildman–Crippen MR) is 47.5 cm³/mol. The molecular formula is C9H13FO2. The molecule has 1 N–H and O–H groups in total. The van der Waals surface area contributed by atoms with Gasteiger partial charge in [0.25, 0.3) is 0 Å². The van der Waals surface area contributed by atoms with Crippen LogP contribution >= 0.6 is 0 Å². The molecule has 0 spiro atoms. The van der Waals surface area contributed by atoms with Gasteiger partial charge in [-0.05, 0) is 13.8 Å². The molecular weight excluding hydrogens is 159 g/mol. The van der Waals surface area contributed by atoms with Crippen LogP contribution in [-0.4, -0.2) is 11.1 Å². The van der Waals surface area contributed by atoms with Gasteiger partial charge >= 0.3 is 5.97 Å². The second-order valence-corrected chi connectivity index (χ2v) is 2.15. The predicted octanol–water partition coefficient (Wildman–Crippen LogP) is 2.69. The van der Waals surface area contributed by atoms with Crippen molar-refractivity contribution in [3.8, 4) is 0 Å². The third-order valence-corrected chi connectivity index (χ3v) is 0.849. The zero-order valence-corrected chi connectivity index (χ0v) is 7.30. The molecule has 0 aliphatic rings. The maximum Gasteiger partial charge on any atom is 0.333 e. The van der Waals surface area contributed by atoms with Crippen molar-refractivity contribution in [2.45, 2.75) is 13.8 Å². The maximum atomic E-state index is 11.1. The van der Waals surface area contributed by atoms with E-state index in [-0.39, 0.29) is 11.9 Å². The standard InChI is InChI=1S/C5H8.C4H5FO2/c1-4-5(2)3;1-3(2-5)4(6)7/h4H,1-2H2,3H3;2H,1H3,(H,6,7). The highest BCUT2D eigenvalue weighted by molar-refractivity contribution is 5.85. The van der Waals surface area contributed by atoms with Crippen LogP contribution in [0.25, 0.3) is 0 Å². The van der Waals surface area contributed by atoms with E-state index in [1.807, 2.05) is 6.92 Å². The van der Waals surface area contributed by atoms with Crippen LogP contribution in [0, 0.1) is 0 Å². The summed E-state index contributed by atoms with van der Waals surface area (Å²) in [6.45, 7) is 10.1. The zero-order chi connectivity index (χ0) is 10.1. The Balaban J connectivity index is 0. The molecule has 0 saturated heterocycles. The molecule has 0 heterocycles. The van der Waals surface area contributed by atoms with Crippen LogP contribution in [0.3, 0.4) is 0 Å². The highest BCUT2D eigenvalue weighted by atomic mass is 19.1. The van der Waals surface area contributed by atoms with Crippen molar-refractivity contribution in [2.24, 2.45) is 0 Å². The number of halogens is 1. The summed E-state index contributed by atoms with van der Waals surface area (Å²) in [7, 11) is 0. The van der Waals surface area contributed by atoms with Crippen molar-refractivity contribution < 1.29 is 14.3 Å². The molecule has 68 valence electrons. The summed E-state index contributed by atoms with van der Waals surface area (Å²) in [5.41, 5.74) is 0.741. The second-order valence-electron chi connectivity index (χ2n) is 2.15. The molecule has 0 aromatic heterocycles. The minimum Gasteiger partial charge on any atom is -0.478 e. The Hall–Kier alpha value is -1.38. The van der Waals surface area contributed by atoms with E-state index in [0.717, 1.165) is 5.57 Å². The van der Waals surface area contributed by atoms with Gasteiger partial charge in [-0.15, -0.1) is 0 Å². The molecule has 12 heavy (non-hydrogen) atoms. The van der Waals surface area contributed by atoms with Crippen LogP contribution in [-0.2, 0) is 4.79 Å². The number of aliphatic carboxylic acids is 1. The van der Waals surface area contributed by atoms with Crippen molar-refractivity contribution in [1.29, 1.82) is 0 Å². The Morgan fingerprint density at radius 1 is 1.50 bits per heavy atom. The summed E-state index contributed by atoms with van der Waals surface area (Å²) in [5.74, 6) is -1.22. The normalized spacial score (nSPS) is 9.42. The lowest BCUT2D eigenvalue weighted by Crippen LogP contribution is -1.93. The summed E-state index contributed by atoms with van der Waals surface area (Å²) in [6, 6.07) is 0. The first kappa shape index (κ1) is 13.2. The summed E-state index contributed by atoms with van der Waals surface area (Å²) in [6.07, 6.45) is 1.78. The molecule has 3 heteroatoms. The average molecular weight is 172 g/mol. The number of carboxylic acids is 1. The van der Waals surface area contributed by atoms with E-state index in [4.69, 9.17) is 5.11 Å². The Bertz CT molecular complexity index is 205. The molecule has 0 bridgehead atoms. The highest BCUT2D eigenvalue weighted by Crippen LogP contribution is 1.89. The van der Waals surface area contributed by atoms with Crippen LogP contribution in [0.5, 0.6) is 0 Å². The van der Waals surface area contributed by atoms with Crippen LogP contribution < -0.4 is 0 Å². The Kier molecular flexibility index (Phi) is 8.51. The van der Waals surface area contributed by atoms with Crippen LogP contribution in [0.4, 0.5) is 4.39 Å². The molecule has 0 atom stereocenters. The molecule has 2 nitrogen and oxygen atoms in total. The Labute approximate surface area is 71.7 Å². The molecule has 0 aliphatic carbocycles. The minimum absolute atomic E-state index is 0.0579. The van der Waals surface area contributed by atoms with Crippen molar-refractivity contribution in [1.82, 2.24) is 0 Å². The number of carbonyl (C=O) groups is 1. The van der Waals surface area contributed by atoms with Gasteiger partial charge in [-0.3, -0.25) is 0 Å². The molecule has 0 saturated carbocycles. The molecule has 0 amide bonds. The number of rotatable bonds is 2. The van der Waals surface area contributed by atoms with Gasteiger partial charge < -0.3 is 5.11 Å². The first-order chi connectivity index (χ1) is 5.45. The summed E-state index contributed by atoms with van der Waals surface area (Å²) >= 11 is 0. The van der Waals surface area contributed by atoms with Gasteiger partial charge in [0.1, 0.15) is 0 Å². The van der Waals surface area contributed by atoms with E-state index in [1.165, 1.54) is 6.92 Å². The number of allylic oxidation sites excluding steroid dienone is 2. The van der Waals surface area contributed by atoms with Gasteiger partial charge in [-0.2, -0.15) is 0 Å². The topological polar surface area (TPSA) is 37.3 Å². The number of hydrogen-bond acceptors (Lipinski definition) is 1. The lowest BCUT2D eigenvalue weighted by Gasteiger charge is -1.81. The number of hydrogen-bond donors (Lipinski definition) is 1. The SMILES string of the molecule is C=CC(=C)C.CC(=CF)C(=O)O. The first-order valence-electron chi connectivity index (χ1n) is 3.24. The van der Waals surface area contributed by atoms with Crippen molar-refractivity contribution >= 4 is 5.97 Å². The van der Waals surface area contributed by atoms with Crippen LogP contribution in [0.15, 0.2) is 36.7 Å². The third-order valence-electron chi connectivity index (χ3n) is 0.849. The summed E-state index contributed by atoms with van der Waals surface area (Å²) < 4.78 is 11.1. The number of carboxylic acid groups (broad SMARTS) is 1. The maximum absolute atomic E-state index is 11.1. The minimum atomic E-state index is -1.22. The fourth-order valence-corrected chi connectivity index (χ4v) is 0.0467. The van der Waals surface area contributed by atoms with E-state index in [2.05, 4.69) is 13.2 Å². The smallest absolute Gasteiger partial charge is 0.333 e. The largest absolute Gasteiger partial charge is 0.478 e. The molecule has 0 unspecified atom stereocenters. The van der Waals surface area contributed by atoms with Gasteiger partial charge in [-0.25, -0.2) is 9.18 Å². The van der Waals surface area contributed by atoms with Crippen molar-refractivity contribution in [3.63, 3.8) is 0 Å². The van der Waals surface area contributed by atoms with E-state index in [1.54, 1.807) is 6.08 Å². The average Bonchev–Trinajstić information content (AvgIpc) is 2.04.